The highest BCUT2D eigenvalue weighted by Crippen LogP contribution is 2.21. The largest absolute Gasteiger partial charge is 0.423 e. The number of carbonyl (C=O) groups is 2. The highest BCUT2D eigenvalue weighted by Gasteiger charge is 2.12. The molecule has 4 aromatic carbocycles. The molecule has 0 spiro atoms. The number of fused-ring (bicyclic) bond motifs is 1. The van der Waals surface area contributed by atoms with Crippen LogP contribution in [0, 0.1) is 0 Å². The van der Waals surface area contributed by atoms with E-state index < -0.39 is 5.97 Å². The van der Waals surface area contributed by atoms with Gasteiger partial charge in [0.1, 0.15) is 5.75 Å². The van der Waals surface area contributed by atoms with Crippen LogP contribution < -0.4 is 10.2 Å². The first kappa shape index (κ1) is 20.3. The number of carbonyl (C=O) groups excluding carboxylic acids is 2. The van der Waals surface area contributed by atoms with Gasteiger partial charge >= 0.3 is 5.97 Å². The van der Waals surface area contributed by atoms with Crippen molar-refractivity contribution in [2.45, 2.75) is 0 Å². The molecule has 4 aromatic rings. The van der Waals surface area contributed by atoms with Gasteiger partial charge in [0.15, 0.2) is 0 Å². The molecule has 6 heteroatoms. The quantitative estimate of drug-likeness (QED) is 0.198. The second kappa shape index (κ2) is 9.24. The van der Waals surface area contributed by atoms with Gasteiger partial charge in [-0.05, 0) is 64.9 Å². The van der Waals surface area contributed by atoms with E-state index in [1.807, 2.05) is 36.4 Å². The minimum Gasteiger partial charge on any atom is -0.423 e. The molecule has 31 heavy (non-hydrogen) atoms. The van der Waals surface area contributed by atoms with Crippen molar-refractivity contribution in [3.63, 3.8) is 0 Å². The molecule has 4 rings (SSSR count). The summed E-state index contributed by atoms with van der Waals surface area (Å²) in [5.41, 5.74) is 4.10. The Balaban J connectivity index is 1.39. The van der Waals surface area contributed by atoms with E-state index >= 15 is 0 Å². The van der Waals surface area contributed by atoms with E-state index in [1.165, 1.54) is 6.21 Å². The van der Waals surface area contributed by atoms with Crippen LogP contribution in [-0.4, -0.2) is 18.1 Å². The molecule has 0 aliphatic rings. The SMILES string of the molecule is O=C(N/N=C/c1ccc(OC(=O)c2cccc3ccccc23)cc1)c1cccc(Cl)c1. The van der Waals surface area contributed by atoms with Crippen molar-refractivity contribution < 1.29 is 14.3 Å². The molecular formula is C25H17ClN2O3. The van der Waals surface area contributed by atoms with Gasteiger partial charge in [-0.1, -0.05) is 54.1 Å². The third-order valence-electron chi connectivity index (χ3n) is 4.57. The lowest BCUT2D eigenvalue weighted by molar-refractivity contribution is 0.0736. The Labute approximate surface area is 183 Å². The number of hydrogen-bond acceptors (Lipinski definition) is 4. The Hall–Kier alpha value is -3.96. The first-order valence-corrected chi connectivity index (χ1v) is 9.87. The molecule has 0 radical (unpaired) electrons. The minimum absolute atomic E-state index is 0.362. The van der Waals surface area contributed by atoms with Crippen molar-refractivity contribution >= 4 is 40.5 Å². The molecule has 0 unspecified atom stereocenters. The maximum atomic E-state index is 12.6. The van der Waals surface area contributed by atoms with E-state index in [0.717, 1.165) is 16.3 Å². The minimum atomic E-state index is -0.424. The van der Waals surface area contributed by atoms with Crippen LogP contribution in [0.5, 0.6) is 5.75 Å². The molecule has 0 atom stereocenters. The summed E-state index contributed by atoms with van der Waals surface area (Å²) in [4.78, 5) is 24.7. The standard InChI is InChI=1S/C25H17ClN2O3/c26-20-8-3-7-19(15-20)24(29)28-27-16-17-11-13-21(14-12-17)31-25(30)23-10-4-6-18-5-1-2-9-22(18)23/h1-16H,(H,28,29)/b27-16+. The molecule has 0 bridgehead atoms. The van der Waals surface area contributed by atoms with Crippen molar-refractivity contribution in [1.29, 1.82) is 0 Å². The van der Waals surface area contributed by atoms with E-state index in [0.29, 0.717) is 21.9 Å². The van der Waals surface area contributed by atoms with Crippen LogP contribution in [0.2, 0.25) is 5.02 Å². The average molecular weight is 429 g/mol. The Bertz CT molecular complexity index is 1280. The zero-order valence-corrected chi connectivity index (χ0v) is 17.0. The fourth-order valence-corrected chi connectivity index (χ4v) is 3.24. The fraction of sp³-hybridized carbons (Fsp3) is 0. The number of nitrogens with one attached hydrogen (secondary N) is 1. The smallest absolute Gasteiger partial charge is 0.344 e. The van der Waals surface area contributed by atoms with Gasteiger partial charge in [-0.25, -0.2) is 10.2 Å². The van der Waals surface area contributed by atoms with Crippen LogP contribution in [0.1, 0.15) is 26.3 Å². The van der Waals surface area contributed by atoms with Crippen LogP contribution in [0.25, 0.3) is 10.8 Å². The van der Waals surface area contributed by atoms with Crippen LogP contribution in [0.15, 0.2) is 96.1 Å². The van der Waals surface area contributed by atoms with Gasteiger partial charge in [-0.2, -0.15) is 5.10 Å². The molecular weight excluding hydrogens is 412 g/mol. The first-order chi connectivity index (χ1) is 15.1. The predicted octanol–water partition coefficient (Wildman–Crippen LogP) is 5.48. The maximum absolute atomic E-state index is 12.6. The van der Waals surface area contributed by atoms with Crippen LogP contribution in [0.4, 0.5) is 0 Å². The van der Waals surface area contributed by atoms with Crippen LogP contribution in [-0.2, 0) is 0 Å². The number of esters is 1. The second-order valence-electron chi connectivity index (χ2n) is 6.69. The maximum Gasteiger partial charge on any atom is 0.344 e. The molecule has 152 valence electrons. The molecule has 1 N–H and O–H groups in total. The Morgan fingerprint density at radius 1 is 0.871 bits per heavy atom. The van der Waals surface area contributed by atoms with Gasteiger partial charge in [-0.3, -0.25) is 4.79 Å². The summed E-state index contributed by atoms with van der Waals surface area (Å²) in [6.07, 6.45) is 1.50. The number of benzene rings is 4. The summed E-state index contributed by atoms with van der Waals surface area (Å²) in [6.45, 7) is 0. The summed E-state index contributed by atoms with van der Waals surface area (Å²) >= 11 is 5.88. The van der Waals surface area contributed by atoms with E-state index in [-0.39, 0.29) is 5.91 Å². The highest BCUT2D eigenvalue weighted by molar-refractivity contribution is 6.31. The third kappa shape index (κ3) is 4.97. The van der Waals surface area contributed by atoms with E-state index in [2.05, 4.69) is 10.5 Å². The van der Waals surface area contributed by atoms with E-state index in [4.69, 9.17) is 16.3 Å². The summed E-state index contributed by atoms with van der Waals surface area (Å²) in [7, 11) is 0. The van der Waals surface area contributed by atoms with Gasteiger partial charge in [0.05, 0.1) is 11.8 Å². The third-order valence-corrected chi connectivity index (χ3v) is 4.80. The number of rotatable bonds is 5. The highest BCUT2D eigenvalue weighted by atomic mass is 35.5. The molecule has 0 aromatic heterocycles. The molecule has 0 heterocycles. The number of amides is 1. The van der Waals surface area contributed by atoms with E-state index in [1.54, 1.807) is 54.6 Å². The number of hydrogen-bond donors (Lipinski definition) is 1. The van der Waals surface area contributed by atoms with E-state index in [9.17, 15) is 9.59 Å². The van der Waals surface area contributed by atoms with Crippen LogP contribution in [0.3, 0.4) is 0 Å². The van der Waals surface area contributed by atoms with Crippen molar-refractivity contribution in [3.05, 3.63) is 113 Å². The van der Waals surface area contributed by atoms with Gasteiger partial charge in [-0.15, -0.1) is 0 Å². The zero-order chi connectivity index (χ0) is 21.6. The van der Waals surface area contributed by atoms with Gasteiger partial charge in [0.25, 0.3) is 5.91 Å². The lowest BCUT2D eigenvalue weighted by atomic mass is 10.0. The lowest BCUT2D eigenvalue weighted by Gasteiger charge is -2.07. The number of nitrogens with zero attached hydrogens (tertiary/aromatic N) is 1. The molecule has 1 amide bonds. The van der Waals surface area contributed by atoms with Crippen molar-refractivity contribution in [3.8, 4) is 5.75 Å². The average Bonchev–Trinajstić information content (AvgIpc) is 2.79. The Kier molecular flexibility index (Phi) is 6.05. The van der Waals surface area contributed by atoms with Crippen molar-refractivity contribution in [1.82, 2.24) is 5.43 Å². The Morgan fingerprint density at radius 2 is 1.61 bits per heavy atom. The number of hydrazone groups is 1. The van der Waals surface area contributed by atoms with Gasteiger partial charge in [0, 0.05) is 10.6 Å². The monoisotopic (exact) mass is 428 g/mol. The fourth-order valence-electron chi connectivity index (χ4n) is 3.05. The number of halogens is 1. The van der Waals surface area contributed by atoms with Crippen molar-refractivity contribution in [2.24, 2.45) is 5.10 Å². The normalized spacial score (nSPS) is 10.9. The molecule has 0 saturated heterocycles. The molecule has 0 fully saturated rings. The summed E-state index contributed by atoms with van der Waals surface area (Å²) in [6, 6.07) is 26.6. The number of ether oxygens (including phenoxy) is 1. The van der Waals surface area contributed by atoms with Gasteiger partial charge < -0.3 is 4.74 Å². The van der Waals surface area contributed by atoms with Gasteiger partial charge in [0.2, 0.25) is 0 Å². The second-order valence-corrected chi connectivity index (χ2v) is 7.13. The molecule has 0 saturated carbocycles. The molecule has 5 nitrogen and oxygen atoms in total. The topological polar surface area (TPSA) is 67.8 Å². The summed E-state index contributed by atoms with van der Waals surface area (Å²) < 4.78 is 5.51. The Morgan fingerprint density at radius 3 is 2.42 bits per heavy atom. The summed E-state index contributed by atoms with van der Waals surface area (Å²) in [5.74, 6) is -0.371. The zero-order valence-electron chi connectivity index (χ0n) is 16.3. The lowest BCUT2D eigenvalue weighted by Crippen LogP contribution is -2.17. The first-order valence-electron chi connectivity index (χ1n) is 9.49. The summed E-state index contributed by atoms with van der Waals surface area (Å²) in [5, 5.41) is 6.24. The van der Waals surface area contributed by atoms with Crippen molar-refractivity contribution in [2.75, 3.05) is 0 Å². The van der Waals surface area contributed by atoms with Crippen LogP contribution >= 0.6 is 11.6 Å². The molecule has 0 aliphatic heterocycles. The predicted molar refractivity (Wildman–Crippen MR) is 122 cm³/mol. The molecule has 0 aliphatic carbocycles.